The molecule has 0 saturated carbocycles. The van der Waals surface area contributed by atoms with Crippen LogP contribution in [0.1, 0.15) is 53.3 Å². The molecule has 2 aliphatic rings. The average Bonchev–Trinajstić information content (AvgIpc) is 3.39. The van der Waals surface area contributed by atoms with Gasteiger partial charge in [0, 0.05) is 12.0 Å². The first-order valence-electron chi connectivity index (χ1n) is 11.4. The molecule has 2 fully saturated rings. The molecule has 0 spiro atoms. The lowest BCUT2D eigenvalue weighted by atomic mass is 9.80. The van der Waals surface area contributed by atoms with Crippen molar-refractivity contribution >= 4 is 12.4 Å². The van der Waals surface area contributed by atoms with Gasteiger partial charge < -0.3 is 10.1 Å². The van der Waals surface area contributed by atoms with Gasteiger partial charge in [-0.2, -0.15) is 31.1 Å². The number of nitrogens with zero attached hydrogens (tertiary/aromatic N) is 4. The lowest BCUT2D eigenvalue weighted by Gasteiger charge is -2.42. The van der Waals surface area contributed by atoms with E-state index in [2.05, 4.69) is 20.7 Å². The zero-order valence-corrected chi connectivity index (χ0v) is 20.4. The van der Waals surface area contributed by atoms with E-state index in [1.165, 1.54) is 4.80 Å². The minimum Gasteiger partial charge on any atom is -0.371 e. The fraction of sp³-hybridized carbons (Fsp3) is 0.458. The van der Waals surface area contributed by atoms with E-state index in [0.717, 1.165) is 5.56 Å². The second-order valence-corrected chi connectivity index (χ2v) is 9.33. The third kappa shape index (κ3) is 5.32. The fourth-order valence-corrected chi connectivity index (χ4v) is 5.42. The third-order valence-electron chi connectivity index (χ3n) is 7.00. The van der Waals surface area contributed by atoms with E-state index < -0.39 is 41.7 Å². The number of hydrogen-bond donors (Lipinski definition) is 1. The highest BCUT2D eigenvalue weighted by atomic mass is 35.5. The number of hydrogen-bond acceptors (Lipinski definition) is 5. The van der Waals surface area contributed by atoms with Gasteiger partial charge in [-0.25, -0.2) is 0 Å². The van der Waals surface area contributed by atoms with Crippen LogP contribution in [0.25, 0.3) is 0 Å². The van der Waals surface area contributed by atoms with Gasteiger partial charge in [0.2, 0.25) is 0 Å². The summed E-state index contributed by atoms with van der Waals surface area (Å²) in [4.78, 5) is 1.38. The van der Waals surface area contributed by atoms with E-state index in [1.54, 1.807) is 7.05 Å². The number of piperidine rings is 1. The lowest BCUT2D eigenvalue weighted by molar-refractivity contribution is -0.143. The van der Waals surface area contributed by atoms with Crippen LogP contribution >= 0.6 is 12.4 Å². The van der Waals surface area contributed by atoms with E-state index in [9.17, 15) is 26.3 Å². The molecule has 2 aromatic carbocycles. The molecular formula is C24H24ClF6N5O. The first kappa shape index (κ1) is 27.3. The SMILES string of the molecule is Cl.Cn1nnc([C@@H]2C[C@]3(c4ccccc4)N[C@H]2CC[C@H]3OCc2cc(C(F)(F)F)cc(C(F)(F)F)c2)n1. The predicted molar refractivity (Wildman–Crippen MR) is 123 cm³/mol. The largest absolute Gasteiger partial charge is 0.416 e. The van der Waals surface area contributed by atoms with Crippen LogP contribution in [-0.4, -0.2) is 32.4 Å². The molecule has 1 aromatic heterocycles. The number of tetrazole rings is 1. The molecule has 5 rings (SSSR count). The van der Waals surface area contributed by atoms with Crippen molar-refractivity contribution in [2.45, 2.75) is 61.8 Å². The number of halogens is 7. The van der Waals surface area contributed by atoms with E-state index in [4.69, 9.17) is 4.74 Å². The Hall–Kier alpha value is -2.70. The number of fused-ring (bicyclic) bond motifs is 2. The smallest absolute Gasteiger partial charge is 0.371 e. The molecule has 37 heavy (non-hydrogen) atoms. The molecule has 1 N–H and O–H groups in total. The van der Waals surface area contributed by atoms with Gasteiger partial charge in [-0.3, -0.25) is 0 Å². The van der Waals surface area contributed by atoms with Gasteiger partial charge >= 0.3 is 12.4 Å². The zero-order chi connectivity index (χ0) is 25.7. The number of alkyl halides is 6. The van der Waals surface area contributed by atoms with Crippen LogP contribution in [0, 0.1) is 0 Å². The summed E-state index contributed by atoms with van der Waals surface area (Å²) in [5.74, 6) is 0.513. The summed E-state index contributed by atoms with van der Waals surface area (Å²) in [5, 5.41) is 16.1. The van der Waals surface area contributed by atoms with Gasteiger partial charge in [0.05, 0.1) is 36.4 Å². The molecule has 0 aliphatic carbocycles. The Morgan fingerprint density at radius 2 is 1.65 bits per heavy atom. The number of nitrogens with one attached hydrogen (secondary N) is 1. The van der Waals surface area contributed by atoms with E-state index in [1.807, 2.05) is 30.3 Å². The highest BCUT2D eigenvalue weighted by Gasteiger charge is 2.55. The minimum absolute atomic E-state index is 0. The quantitative estimate of drug-likeness (QED) is 0.434. The summed E-state index contributed by atoms with van der Waals surface area (Å²) in [5.41, 5.74) is -2.68. The van der Waals surface area contributed by atoms with Crippen LogP contribution in [0.5, 0.6) is 0 Å². The fourth-order valence-electron chi connectivity index (χ4n) is 5.42. The topological polar surface area (TPSA) is 64.9 Å². The van der Waals surface area contributed by atoms with Gasteiger partial charge in [-0.1, -0.05) is 30.3 Å². The normalized spacial score (nSPS) is 25.6. The zero-order valence-electron chi connectivity index (χ0n) is 19.6. The second-order valence-electron chi connectivity index (χ2n) is 9.33. The van der Waals surface area contributed by atoms with Crippen molar-refractivity contribution in [3.05, 3.63) is 76.6 Å². The number of benzene rings is 2. The molecule has 200 valence electrons. The summed E-state index contributed by atoms with van der Waals surface area (Å²) in [6.07, 6.45) is -8.53. The summed E-state index contributed by atoms with van der Waals surface area (Å²) < 4.78 is 86.0. The van der Waals surface area contributed by atoms with Crippen molar-refractivity contribution in [1.82, 2.24) is 25.5 Å². The Labute approximate surface area is 214 Å². The molecule has 2 bridgehead atoms. The summed E-state index contributed by atoms with van der Waals surface area (Å²) >= 11 is 0. The van der Waals surface area contributed by atoms with Crippen molar-refractivity contribution in [3.8, 4) is 0 Å². The standard InChI is InChI=1S/C24H23F6N5O.ClH/c1-35-33-21(32-34-35)18-12-22(15-5-3-2-4-6-15)20(8-7-19(18)31-22)36-13-14-9-16(23(25,26)27)11-17(10-14)24(28,29)30;/h2-6,9-11,18-20,31H,7-8,12-13H2,1H3;1H/t18-,19+,20-,22-;/m1./s1. The number of aromatic nitrogens is 4. The molecule has 0 unspecified atom stereocenters. The Kier molecular flexibility index (Phi) is 7.30. The molecule has 3 heterocycles. The van der Waals surface area contributed by atoms with E-state index in [0.29, 0.717) is 37.2 Å². The second kappa shape index (κ2) is 9.88. The number of ether oxygens (including phenoxy) is 1. The van der Waals surface area contributed by atoms with Crippen molar-refractivity contribution in [1.29, 1.82) is 0 Å². The maximum Gasteiger partial charge on any atom is 0.416 e. The van der Waals surface area contributed by atoms with Crippen LogP contribution in [0.2, 0.25) is 0 Å². The molecule has 3 aromatic rings. The summed E-state index contributed by atoms with van der Waals surface area (Å²) in [6.45, 7) is -0.396. The van der Waals surface area contributed by atoms with Gasteiger partial charge in [-0.05, 0) is 53.8 Å². The Morgan fingerprint density at radius 3 is 2.22 bits per heavy atom. The maximum absolute atomic E-state index is 13.3. The molecular weight excluding hydrogens is 524 g/mol. The van der Waals surface area contributed by atoms with E-state index in [-0.39, 0.29) is 36.0 Å². The monoisotopic (exact) mass is 547 g/mol. The molecule has 2 aliphatic heterocycles. The summed E-state index contributed by atoms with van der Waals surface area (Å²) in [6, 6.07) is 11.1. The van der Waals surface area contributed by atoms with Crippen LogP contribution in [0.15, 0.2) is 48.5 Å². The maximum atomic E-state index is 13.3. The highest BCUT2D eigenvalue weighted by molar-refractivity contribution is 5.85. The number of aryl methyl sites for hydroxylation is 1. The first-order valence-corrected chi connectivity index (χ1v) is 11.4. The molecule has 2 saturated heterocycles. The molecule has 4 atom stereocenters. The van der Waals surface area contributed by atoms with Crippen molar-refractivity contribution in [3.63, 3.8) is 0 Å². The van der Waals surface area contributed by atoms with Gasteiger partial charge in [-0.15, -0.1) is 22.6 Å². The first-order chi connectivity index (χ1) is 17.0. The van der Waals surface area contributed by atoms with Gasteiger partial charge in [0.15, 0.2) is 5.82 Å². The Bertz CT molecular complexity index is 1200. The molecule has 0 radical (unpaired) electrons. The van der Waals surface area contributed by atoms with Crippen molar-refractivity contribution in [2.24, 2.45) is 7.05 Å². The average molecular weight is 548 g/mol. The van der Waals surface area contributed by atoms with Gasteiger partial charge in [0.1, 0.15) is 0 Å². The van der Waals surface area contributed by atoms with Crippen LogP contribution in [-0.2, 0) is 36.3 Å². The van der Waals surface area contributed by atoms with Crippen LogP contribution in [0.4, 0.5) is 26.3 Å². The Morgan fingerprint density at radius 1 is 1.00 bits per heavy atom. The summed E-state index contributed by atoms with van der Waals surface area (Å²) in [7, 11) is 1.67. The highest BCUT2D eigenvalue weighted by Crippen LogP contribution is 2.50. The van der Waals surface area contributed by atoms with E-state index >= 15 is 0 Å². The predicted octanol–water partition coefficient (Wildman–Crippen LogP) is 5.39. The van der Waals surface area contributed by atoms with Crippen molar-refractivity contribution < 1.29 is 31.1 Å². The molecule has 6 nitrogen and oxygen atoms in total. The molecule has 13 heteroatoms. The van der Waals surface area contributed by atoms with Crippen molar-refractivity contribution in [2.75, 3.05) is 0 Å². The van der Waals surface area contributed by atoms with Crippen LogP contribution in [0.3, 0.4) is 0 Å². The number of rotatable bonds is 5. The van der Waals surface area contributed by atoms with Gasteiger partial charge in [0.25, 0.3) is 0 Å². The third-order valence-corrected chi connectivity index (χ3v) is 7.00. The molecule has 0 amide bonds. The lowest BCUT2D eigenvalue weighted by Crippen LogP contribution is -2.54. The van der Waals surface area contributed by atoms with Crippen LogP contribution < -0.4 is 5.32 Å². The minimum atomic E-state index is -4.91. The Balaban J connectivity index is 0.00000320.